The molecule has 3 rings (SSSR count). The average molecular weight is 394 g/mol. The number of para-hydroxylation sites is 1. The van der Waals surface area contributed by atoms with Crippen LogP contribution in [0.2, 0.25) is 0 Å². The van der Waals surface area contributed by atoms with Gasteiger partial charge in [0.2, 0.25) is 0 Å². The molecule has 0 bridgehead atoms. The van der Waals surface area contributed by atoms with Gasteiger partial charge in [-0.25, -0.2) is 4.79 Å². The molecule has 1 aromatic carbocycles. The maximum Gasteiger partial charge on any atom is 0.340 e. The number of carbonyl (C=O) groups is 3. The van der Waals surface area contributed by atoms with Crippen LogP contribution in [-0.4, -0.2) is 34.5 Å². The third-order valence-electron chi connectivity index (χ3n) is 3.79. The van der Waals surface area contributed by atoms with E-state index >= 15 is 0 Å². The standard InChI is InChI=1S/C20H18N4O5/c1-3-28-20(27)14-6-4-5-7-15(14)22-19(26)16-11-13(8-9-21-16)18(25)23-17-10-12(2)29-24-17/h4-11H,3H2,1-2H3,(H,22,26)(H,23,24,25). The molecular formula is C20H18N4O5. The van der Waals surface area contributed by atoms with Gasteiger partial charge in [0, 0.05) is 17.8 Å². The van der Waals surface area contributed by atoms with Crippen LogP contribution in [0.25, 0.3) is 0 Å². The summed E-state index contributed by atoms with van der Waals surface area (Å²) in [5, 5.41) is 8.88. The number of pyridine rings is 1. The van der Waals surface area contributed by atoms with E-state index in [1.807, 2.05) is 0 Å². The lowest BCUT2D eigenvalue weighted by Crippen LogP contribution is -2.18. The number of esters is 1. The Morgan fingerprint density at radius 3 is 2.59 bits per heavy atom. The van der Waals surface area contributed by atoms with Crippen molar-refractivity contribution in [1.82, 2.24) is 10.1 Å². The first-order valence-corrected chi connectivity index (χ1v) is 8.76. The average Bonchev–Trinajstić information content (AvgIpc) is 3.13. The molecule has 0 saturated carbocycles. The summed E-state index contributed by atoms with van der Waals surface area (Å²) in [5.74, 6) is -0.781. The number of ether oxygens (including phenoxy) is 1. The molecule has 0 spiro atoms. The molecule has 29 heavy (non-hydrogen) atoms. The van der Waals surface area contributed by atoms with Crippen LogP contribution in [0.5, 0.6) is 0 Å². The second kappa shape index (κ2) is 8.79. The summed E-state index contributed by atoms with van der Waals surface area (Å²) in [6, 6.07) is 10.8. The smallest absolute Gasteiger partial charge is 0.340 e. The number of hydrogen-bond donors (Lipinski definition) is 2. The van der Waals surface area contributed by atoms with E-state index in [2.05, 4.69) is 20.8 Å². The van der Waals surface area contributed by atoms with Gasteiger partial charge in [0.05, 0.1) is 17.9 Å². The Bertz CT molecular complexity index is 1060. The van der Waals surface area contributed by atoms with Crippen LogP contribution in [0.1, 0.15) is 43.9 Å². The van der Waals surface area contributed by atoms with Gasteiger partial charge in [-0.15, -0.1) is 0 Å². The van der Waals surface area contributed by atoms with Gasteiger partial charge >= 0.3 is 5.97 Å². The molecule has 9 heteroatoms. The highest BCUT2D eigenvalue weighted by molar-refractivity contribution is 6.09. The number of anilines is 2. The van der Waals surface area contributed by atoms with Crippen molar-refractivity contribution in [2.24, 2.45) is 0 Å². The highest BCUT2D eigenvalue weighted by atomic mass is 16.5. The molecule has 0 radical (unpaired) electrons. The molecule has 148 valence electrons. The zero-order valence-electron chi connectivity index (χ0n) is 15.8. The Morgan fingerprint density at radius 2 is 1.86 bits per heavy atom. The summed E-state index contributed by atoms with van der Waals surface area (Å²) in [6.07, 6.45) is 1.34. The van der Waals surface area contributed by atoms with Gasteiger partial charge in [-0.2, -0.15) is 0 Å². The molecule has 0 unspecified atom stereocenters. The Labute approximate surface area is 166 Å². The SMILES string of the molecule is CCOC(=O)c1ccccc1NC(=O)c1cc(C(=O)Nc2cc(C)on2)ccn1. The van der Waals surface area contributed by atoms with Crippen molar-refractivity contribution >= 4 is 29.3 Å². The fourth-order valence-electron chi connectivity index (χ4n) is 2.48. The lowest BCUT2D eigenvalue weighted by molar-refractivity contribution is 0.0527. The summed E-state index contributed by atoms with van der Waals surface area (Å²) in [7, 11) is 0. The van der Waals surface area contributed by atoms with Gasteiger partial charge in [-0.3, -0.25) is 14.6 Å². The van der Waals surface area contributed by atoms with Crippen molar-refractivity contribution in [3.8, 4) is 0 Å². The van der Waals surface area contributed by atoms with E-state index in [1.54, 1.807) is 44.2 Å². The number of nitrogens with zero attached hydrogens (tertiary/aromatic N) is 2. The summed E-state index contributed by atoms with van der Waals surface area (Å²) >= 11 is 0. The maximum atomic E-state index is 12.6. The Kier molecular flexibility index (Phi) is 5.98. The first-order chi connectivity index (χ1) is 14.0. The Hall–Kier alpha value is -4.01. The summed E-state index contributed by atoms with van der Waals surface area (Å²) < 4.78 is 9.89. The first kappa shape index (κ1) is 19.7. The van der Waals surface area contributed by atoms with Gasteiger partial charge in [0.1, 0.15) is 11.5 Å². The summed E-state index contributed by atoms with van der Waals surface area (Å²) in [4.78, 5) is 41.0. The van der Waals surface area contributed by atoms with Crippen LogP contribution in [0.15, 0.2) is 53.2 Å². The largest absolute Gasteiger partial charge is 0.462 e. The molecule has 2 amide bonds. The predicted octanol–water partition coefficient (Wildman–Crippen LogP) is 3.06. The van der Waals surface area contributed by atoms with Gasteiger partial charge in [-0.1, -0.05) is 17.3 Å². The number of benzene rings is 1. The normalized spacial score (nSPS) is 10.3. The minimum absolute atomic E-state index is 0.00708. The highest BCUT2D eigenvalue weighted by Gasteiger charge is 2.17. The minimum atomic E-state index is -0.575. The third kappa shape index (κ3) is 4.83. The summed E-state index contributed by atoms with van der Waals surface area (Å²) in [6.45, 7) is 3.61. The van der Waals surface area contributed by atoms with Crippen LogP contribution in [0.3, 0.4) is 0 Å². The maximum absolute atomic E-state index is 12.6. The van der Waals surface area contributed by atoms with Gasteiger partial charge in [0.25, 0.3) is 11.8 Å². The molecule has 2 N–H and O–H groups in total. The molecule has 0 aliphatic heterocycles. The van der Waals surface area contributed by atoms with Crippen LogP contribution in [0, 0.1) is 6.92 Å². The van der Waals surface area contributed by atoms with Crippen molar-refractivity contribution in [3.05, 3.63) is 71.2 Å². The molecule has 0 saturated heterocycles. The fourth-order valence-corrected chi connectivity index (χ4v) is 2.48. The third-order valence-corrected chi connectivity index (χ3v) is 3.79. The number of hydrogen-bond acceptors (Lipinski definition) is 7. The van der Waals surface area contributed by atoms with Crippen molar-refractivity contribution in [2.75, 3.05) is 17.2 Å². The molecule has 2 heterocycles. The topological polar surface area (TPSA) is 123 Å². The number of aryl methyl sites for hydroxylation is 1. The lowest BCUT2D eigenvalue weighted by Gasteiger charge is -2.10. The molecular weight excluding hydrogens is 376 g/mol. The van der Waals surface area contributed by atoms with Gasteiger partial charge < -0.3 is 19.9 Å². The van der Waals surface area contributed by atoms with Crippen LogP contribution >= 0.6 is 0 Å². The number of aromatic nitrogens is 2. The number of nitrogens with one attached hydrogen (secondary N) is 2. The van der Waals surface area contributed by atoms with Gasteiger partial charge in [-0.05, 0) is 38.1 Å². The molecule has 0 fully saturated rings. The van der Waals surface area contributed by atoms with Crippen LogP contribution in [0.4, 0.5) is 11.5 Å². The highest BCUT2D eigenvalue weighted by Crippen LogP contribution is 2.17. The second-order valence-electron chi connectivity index (χ2n) is 5.93. The van der Waals surface area contributed by atoms with E-state index in [0.717, 1.165) is 0 Å². The minimum Gasteiger partial charge on any atom is -0.462 e. The molecule has 0 atom stereocenters. The zero-order chi connectivity index (χ0) is 20.8. The van der Waals surface area contributed by atoms with Gasteiger partial charge in [0.15, 0.2) is 5.82 Å². The predicted molar refractivity (Wildman–Crippen MR) is 104 cm³/mol. The molecule has 2 aromatic heterocycles. The van der Waals surface area contributed by atoms with E-state index in [1.165, 1.54) is 18.3 Å². The second-order valence-corrected chi connectivity index (χ2v) is 5.93. The van der Waals surface area contributed by atoms with Crippen molar-refractivity contribution in [3.63, 3.8) is 0 Å². The molecule has 0 aliphatic carbocycles. The van der Waals surface area contributed by atoms with Crippen LogP contribution in [-0.2, 0) is 4.74 Å². The quantitative estimate of drug-likeness (QED) is 0.616. The monoisotopic (exact) mass is 394 g/mol. The van der Waals surface area contributed by atoms with Crippen molar-refractivity contribution in [1.29, 1.82) is 0 Å². The number of amides is 2. The lowest BCUT2D eigenvalue weighted by atomic mass is 10.1. The van der Waals surface area contributed by atoms with Crippen LogP contribution < -0.4 is 10.6 Å². The Morgan fingerprint density at radius 1 is 1.07 bits per heavy atom. The summed E-state index contributed by atoms with van der Waals surface area (Å²) in [5.41, 5.74) is 0.723. The number of carbonyl (C=O) groups excluding carboxylic acids is 3. The number of rotatable bonds is 6. The van der Waals surface area contributed by atoms with Crippen molar-refractivity contribution < 1.29 is 23.6 Å². The Balaban J connectivity index is 1.76. The van der Waals surface area contributed by atoms with E-state index in [4.69, 9.17) is 9.26 Å². The van der Waals surface area contributed by atoms with E-state index in [9.17, 15) is 14.4 Å². The molecule has 0 aliphatic rings. The zero-order valence-corrected chi connectivity index (χ0v) is 15.8. The van der Waals surface area contributed by atoms with E-state index in [-0.39, 0.29) is 34.9 Å². The van der Waals surface area contributed by atoms with Crippen molar-refractivity contribution in [2.45, 2.75) is 13.8 Å². The molecule has 9 nitrogen and oxygen atoms in total. The first-order valence-electron chi connectivity index (χ1n) is 8.76. The van der Waals surface area contributed by atoms with E-state index < -0.39 is 17.8 Å². The molecule has 3 aromatic rings. The van der Waals surface area contributed by atoms with E-state index in [0.29, 0.717) is 5.76 Å². The fraction of sp³-hybridized carbons (Fsp3) is 0.150.